The highest BCUT2D eigenvalue weighted by atomic mass is 32.2. The van der Waals surface area contributed by atoms with E-state index in [1.165, 1.54) is 6.07 Å². The zero-order valence-electron chi connectivity index (χ0n) is 27.6. The summed E-state index contributed by atoms with van der Waals surface area (Å²) in [5.41, 5.74) is 6.62. The van der Waals surface area contributed by atoms with Gasteiger partial charge in [0.05, 0.1) is 15.9 Å². The van der Waals surface area contributed by atoms with E-state index in [0.29, 0.717) is 36.3 Å². The summed E-state index contributed by atoms with van der Waals surface area (Å²) in [7, 11) is -4.04. The van der Waals surface area contributed by atoms with Gasteiger partial charge in [-0.25, -0.2) is 18.1 Å². The second-order valence-electron chi connectivity index (χ2n) is 12.0. The van der Waals surface area contributed by atoms with Gasteiger partial charge in [-0.3, -0.25) is 9.59 Å². The number of hydrogen-bond acceptors (Lipinski definition) is 6. The van der Waals surface area contributed by atoms with Crippen molar-refractivity contribution in [3.05, 3.63) is 119 Å². The van der Waals surface area contributed by atoms with Gasteiger partial charge in [0.25, 0.3) is 15.9 Å². The van der Waals surface area contributed by atoms with E-state index in [1.807, 2.05) is 80.6 Å². The number of amides is 2. The third-order valence-electron chi connectivity index (χ3n) is 8.25. The number of sulfonamides is 1. The van der Waals surface area contributed by atoms with Gasteiger partial charge in [-0.15, -0.1) is 0 Å². The fourth-order valence-electron chi connectivity index (χ4n) is 5.89. The summed E-state index contributed by atoms with van der Waals surface area (Å²) in [5.74, 6) is 0.778. The highest BCUT2D eigenvalue weighted by molar-refractivity contribution is 7.90. The Hall–Kier alpha value is -4.41. The van der Waals surface area contributed by atoms with E-state index in [1.54, 1.807) is 18.2 Å². The smallest absolute Gasteiger partial charge is 0.264 e. The molecule has 0 aliphatic heterocycles. The molecule has 0 saturated heterocycles. The molecule has 1 atom stereocenters. The Bertz CT molecular complexity index is 2010. The largest absolute Gasteiger partial charge is 0.348 e. The van der Waals surface area contributed by atoms with Crippen LogP contribution in [0.25, 0.3) is 22.2 Å². The monoisotopic (exact) mass is 682 g/mol. The van der Waals surface area contributed by atoms with E-state index < -0.39 is 15.9 Å². The molecule has 0 aliphatic carbocycles. The van der Waals surface area contributed by atoms with E-state index in [9.17, 15) is 18.0 Å². The van der Waals surface area contributed by atoms with Crippen LogP contribution in [0.2, 0.25) is 0 Å². The van der Waals surface area contributed by atoms with Gasteiger partial charge in [0.2, 0.25) is 5.91 Å². The summed E-state index contributed by atoms with van der Waals surface area (Å²) in [6.07, 6.45) is 3.07. The van der Waals surface area contributed by atoms with Crippen molar-refractivity contribution >= 4 is 45.5 Å². The van der Waals surface area contributed by atoms with Crippen molar-refractivity contribution in [3.8, 4) is 11.1 Å². The van der Waals surface area contributed by atoms with Crippen molar-refractivity contribution < 1.29 is 18.0 Å². The van der Waals surface area contributed by atoms with Crippen LogP contribution in [0.15, 0.2) is 95.9 Å². The molecule has 0 fully saturated rings. The average molecular weight is 683 g/mol. The number of nitrogens with one attached hydrogen (secondary N) is 2. The Morgan fingerprint density at radius 3 is 2.29 bits per heavy atom. The molecule has 8 nitrogen and oxygen atoms in total. The SMILES string of the molecule is CCCC(=O)NS(=O)(=O)c1ccccc1-c1ccc(Cn2c(CCC)nc3c(C)cc(C(=O)N[C@@H](CS)Cc4ccccc4)cc32)cc1. The summed E-state index contributed by atoms with van der Waals surface area (Å²) in [5, 5.41) is 3.17. The topological polar surface area (TPSA) is 110 Å². The number of benzene rings is 4. The number of carbonyl (C=O) groups is 2. The lowest BCUT2D eigenvalue weighted by molar-refractivity contribution is -0.119. The summed E-state index contributed by atoms with van der Waals surface area (Å²) in [6, 6.07) is 28.2. The predicted octanol–water partition coefficient (Wildman–Crippen LogP) is 6.89. The maximum atomic E-state index is 13.5. The summed E-state index contributed by atoms with van der Waals surface area (Å²) in [6.45, 7) is 6.45. The Balaban J connectivity index is 1.43. The number of imidazole rings is 1. The Morgan fingerprint density at radius 2 is 1.60 bits per heavy atom. The number of thiol groups is 1. The first-order chi connectivity index (χ1) is 23.1. The lowest BCUT2D eigenvalue weighted by Crippen LogP contribution is -2.37. The fourth-order valence-corrected chi connectivity index (χ4v) is 7.35. The van der Waals surface area contributed by atoms with E-state index in [-0.39, 0.29) is 23.3 Å². The van der Waals surface area contributed by atoms with E-state index in [2.05, 4.69) is 34.2 Å². The highest BCUT2D eigenvalue weighted by Crippen LogP contribution is 2.29. The van der Waals surface area contributed by atoms with E-state index >= 15 is 0 Å². The molecule has 4 aromatic carbocycles. The molecule has 0 aliphatic rings. The molecule has 5 aromatic rings. The van der Waals surface area contributed by atoms with Crippen molar-refractivity contribution in [2.45, 2.75) is 70.4 Å². The van der Waals surface area contributed by atoms with Crippen molar-refractivity contribution in [2.24, 2.45) is 0 Å². The van der Waals surface area contributed by atoms with Crippen molar-refractivity contribution in [1.29, 1.82) is 0 Å². The Labute approximate surface area is 288 Å². The van der Waals surface area contributed by atoms with Crippen LogP contribution in [-0.4, -0.2) is 41.6 Å². The molecule has 250 valence electrons. The zero-order chi connectivity index (χ0) is 34.3. The van der Waals surface area contributed by atoms with Gasteiger partial charge in [0.15, 0.2) is 0 Å². The number of fused-ring (bicyclic) bond motifs is 1. The van der Waals surface area contributed by atoms with Gasteiger partial charge in [0, 0.05) is 42.3 Å². The molecular weight excluding hydrogens is 641 g/mol. The van der Waals surface area contributed by atoms with Crippen molar-refractivity contribution in [1.82, 2.24) is 19.6 Å². The van der Waals surface area contributed by atoms with Gasteiger partial charge in [-0.2, -0.15) is 12.6 Å². The van der Waals surface area contributed by atoms with Crippen LogP contribution in [0.1, 0.15) is 66.0 Å². The van der Waals surface area contributed by atoms with E-state index in [4.69, 9.17) is 4.98 Å². The van der Waals surface area contributed by atoms with Crippen LogP contribution in [-0.2, 0) is 34.2 Å². The normalized spacial score (nSPS) is 12.2. The average Bonchev–Trinajstić information content (AvgIpc) is 3.42. The first-order valence-electron chi connectivity index (χ1n) is 16.3. The van der Waals surface area contributed by atoms with Crippen LogP contribution in [0.5, 0.6) is 0 Å². The number of nitrogens with zero attached hydrogens (tertiary/aromatic N) is 2. The number of aromatic nitrogens is 2. The van der Waals surface area contributed by atoms with Crippen LogP contribution in [0, 0.1) is 6.92 Å². The first kappa shape index (κ1) is 34.9. The minimum absolute atomic E-state index is 0.0539. The molecule has 2 N–H and O–H groups in total. The molecule has 0 saturated carbocycles. The minimum Gasteiger partial charge on any atom is -0.348 e. The van der Waals surface area contributed by atoms with Crippen LogP contribution in [0.4, 0.5) is 0 Å². The fraction of sp³-hybridized carbons (Fsp3) is 0.289. The van der Waals surface area contributed by atoms with Gasteiger partial charge < -0.3 is 9.88 Å². The molecule has 5 rings (SSSR count). The van der Waals surface area contributed by atoms with Gasteiger partial charge in [-0.05, 0) is 66.6 Å². The van der Waals surface area contributed by atoms with Crippen LogP contribution in [0.3, 0.4) is 0 Å². The maximum Gasteiger partial charge on any atom is 0.264 e. The maximum absolute atomic E-state index is 13.5. The zero-order valence-corrected chi connectivity index (χ0v) is 29.3. The molecule has 0 bridgehead atoms. The molecule has 2 amide bonds. The third kappa shape index (κ3) is 8.17. The van der Waals surface area contributed by atoms with Crippen LogP contribution < -0.4 is 10.0 Å². The lowest BCUT2D eigenvalue weighted by Gasteiger charge is -2.17. The molecule has 1 heterocycles. The number of rotatable bonds is 14. The second-order valence-corrected chi connectivity index (χ2v) is 14.1. The molecule has 0 radical (unpaired) electrons. The summed E-state index contributed by atoms with van der Waals surface area (Å²) >= 11 is 4.51. The summed E-state index contributed by atoms with van der Waals surface area (Å²) < 4.78 is 30.6. The Kier molecular flexibility index (Phi) is 11.4. The molecule has 10 heteroatoms. The Morgan fingerprint density at radius 1 is 0.896 bits per heavy atom. The van der Waals surface area contributed by atoms with Crippen molar-refractivity contribution in [2.75, 3.05) is 5.75 Å². The van der Waals surface area contributed by atoms with Crippen molar-refractivity contribution in [3.63, 3.8) is 0 Å². The molecule has 48 heavy (non-hydrogen) atoms. The standard InChI is InChI=1S/C38H42N4O4S2/c1-4-11-35-40-37-26(3)21-30(38(44)39-31(25-47)22-27-13-7-6-8-14-27)23-33(37)42(35)24-28-17-19-29(20-18-28)32-15-9-10-16-34(32)48(45,46)41-36(43)12-5-2/h6-10,13-21,23,31,47H,4-5,11-12,22,24-25H2,1-3H3,(H,39,44)(H,41,43)/t31-/m1/s1. The lowest BCUT2D eigenvalue weighted by atomic mass is 10.0. The number of hydrogen-bond donors (Lipinski definition) is 3. The van der Waals surface area contributed by atoms with Crippen LogP contribution >= 0.6 is 12.6 Å². The predicted molar refractivity (Wildman–Crippen MR) is 195 cm³/mol. The van der Waals surface area contributed by atoms with Gasteiger partial charge in [-0.1, -0.05) is 86.6 Å². The van der Waals surface area contributed by atoms with Gasteiger partial charge in [0.1, 0.15) is 5.82 Å². The molecule has 1 aromatic heterocycles. The number of carbonyl (C=O) groups excluding carboxylic acids is 2. The van der Waals surface area contributed by atoms with Gasteiger partial charge >= 0.3 is 0 Å². The molecular formula is C38H42N4O4S2. The summed E-state index contributed by atoms with van der Waals surface area (Å²) in [4.78, 5) is 30.7. The van der Waals surface area contributed by atoms with E-state index in [0.717, 1.165) is 52.0 Å². The quantitative estimate of drug-likeness (QED) is 0.111. The highest BCUT2D eigenvalue weighted by Gasteiger charge is 2.22. The first-order valence-corrected chi connectivity index (χ1v) is 18.4. The molecule has 0 unspecified atom stereocenters. The third-order valence-corrected chi connectivity index (χ3v) is 10.1. The number of aryl methyl sites for hydroxylation is 2. The molecule has 0 spiro atoms. The second kappa shape index (κ2) is 15.7. The minimum atomic E-state index is -4.04.